The van der Waals surface area contributed by atoms with Crippen LogP contribution in [0.3, 0.4) is 0 Å². The van der Waals surface area contributed by atoms with E-state index in [1.807, 2.05) is 30.3 Å². The van der Waals surface area contributed by atoms with E-state index in [0.29, 0.717) is 6.61 Å². The molecule has 0 atom stereocenters. The molecule has 0 aliphatic rings. The number of carbonyl (C=O) groups is 2. The van der Waals surface area contributed by atoms with Crippen molar-refractivity contribution in [3.63, 3.8) is 0 Å². The lowest BCUT2D eigenvalue weighted by molar-refractivity contribution is -0.141. The molecule has 0 fully saturated rings. The summed E-state index contributed by atoms with van der Waals surface area (Å²) in [6.07, 6.45) is -0.637. The van der Waals surface area contributed by atoms with Gasteiger partial charge in [0.2, 0.25) is 0 Å². The summed E-state index contributed by atoms with van der Waals surface area (Å²) in [7, 11) is 0. The first-order chi connectivity index (χ1) is 8.22. The van der Waals surface area contributed by atoms with Gasteiger partial charge in [-0.3, -0.25) is 4.79 Å². The van der Waals surface area contributed by atoms with Crippen LogP contribution in [-0.2, 0) is 20.9 Å². The molecule has 5 nitrogen and oxygen atoms in total. The van der Waals surface area contributed by atoms with Crippen LogP contribution < -0.4 is 5.32 Å². The largest absolute Gasteiger partial charge is 0.465 e. The van der Waals surface area contributed by atoms with Gasteiger partial charge in [0.15, 0.2) is 0 Å². The molecule has 1 aromatic carbocycles. The summed E-state index contributed by atoms with van der Waals surface area (Å²) in [6.45, 7) is 1.99. The topological polar surface area (TPSA) is 64.6 Å². The van der Waals surface area contributed by atoms with Gasteiger partial charge >= 0.3 is 12.1 Å². The molecule has 1 rings (SSSR count). The van der Waals surface area contributed by atoms with Gasteiger partial charge in [0, 0.05) is 0 Å². The van der Waals surface area contributed by atoms with E-state index in [-0.39, 0.29) is 13.2 Å². The Morgan fingerprint density at radius 3 is 2.53 bits per heavy atom. The summed E-state index contributed by atoms with van der Waals surface area (Å²) in [5.41, 5.74) is 0.888. The number of nitrogens with one attached hydrogen (secondary N) is 1. The maximum atomic E-state index is 11.2. The minimum Gasteiger partial charge on any atom is -0.465 e. The van der Waals surface area contributed by atoms with Crippen LogP contribution >= 0.6 is 0 Å². The number of carbonyl (C=O) groups excluding carboxylic acids is 2. The van der Waals surface area contributed by atoms with Crippen molar-refractivity contribution in [2.24, 2.45) is 0 Å². The smallest absolute Gasteiger partial charge is 0.407 e. The number of benzene rings is 1. The number of amides is 1. The zero-order chi connectivity index (χ0) is 12.5. The highest BCUT2D eigenvalue weighted by atomic mass is 16.6. The highest BCUT2D eigenvalue weighted by Crippen LogP contribution is 2.00. The number of hydrogen-bond donors (Lipinski definition) is 1. The third-order valence-corrected chi connectivity index (χ3v) is 1.90. The van der Waals surface area contributed by atoms with Crippen molar-refractivity contribution < 1.29 is 19.1 Å². The molecule has 5 heteroatoms. The van der Waals surface area contributed by atoms with Gasteiger partial charge < -0.3 is 14.8 Å². The number of rotatable bonds is 5. The zero-order valence-corrected chi connectivity index (χ0v) is 9.64. The molecule has 0 saturated carbocycles. The van der Waals surface area contributed by atoms with Gasteiger partial charge in [-0.05, 0) is 12.5 Å². The Hall–Kier alpha value is -2.04. The van der Waals surface area contributed by atoms with E-state index in [2.05, 4.69) is 10.1 Å². The highest BCUT2D eigenvalue weighted by molar-refractivity contribution is 5.77. The van der Waals surface area contributed by atoms with Crippen molar-refractivity contribution >= 4 is 12.1 Å². The number of esters is 1. The summed E-state index contributed by atoms with van der Waals surface area (Å²) in [5, 5.41) is 2.30. The second kappa shape index (κ2) is 7.27. The molecular formula is C12H15NO4. The quantitative estimate of drug-likeness (QED) is 0.788. The number of alkyl carbamates (subject to hydrolysis) is 1. The van der Waals surface area contributed by atoms with Gasteiger partial charge in [-0.15, -0.1) is 0 Å². The molecule has 1 aromatic rings. The standard InChI is InChI=1S/C12H15NO4/c1-2-16-11(14)8-13-12(15)17-9-10-6-4-3-5-7-10/h3-7H,2,8-9H2,1H3,(H,13,15). The fraction of sp³-hybridized carbons (Fsp3) is 0.333. The minimum atomic E-state index is -0.637. The molecule has 0 heterocycles. The summed E-state index contributed by atoms with van der Waals surface area (Å²) in [6, 6.07) is 9.28. The van der Waals surface area contributed by atoms with E-state index >= 15 is 0 Å². The highest BCUT2D eigenvalue weighted by Gasteiger charge is 2.06. The van der Waals surface area contributed by atoms with Crippen molar-refractivity contribution in [2.45, 2.75) is 13.5 Å². The van der Waals surface area contributed by atoms with Crippen molar-refractivity contribution in [1.82, 2.24) is 5.32 Å². The molecule has 0 aromatic heterocycles. The third-order valence-electron chi connectivity index (χ3n) is 1.90. The third kappa shape index (κ3) is 5.55. The van der Waals surface area contributed by atoms with Gasteiger partial charge in [-0.1, -0.05) is 30.3 Å². The van der Waals surface area contributed by atoms with Crippen LogP contribution in [0.2, 0.25) is 0 Å². The first kappa shape index (κ1) is 13.0. The Morgan fingerprint density at radius 2 is 1.88 bits per heavy atom. The van der Waals surface area contributed by atoms with Crippen LogP contribution in [-0.4, -0.2) is 25.2 Å². The van der Waals surface area contributed by atoms with E-state index in [1.165, 1.54) is 0 Å². The monoisotopic (exact) mass is 237 g/mol. The van der Waals surface area contributed by atoms with Crippen LogP contribution in [0.5, 0.6) is 0 Å². The molecule has 1 N–H and O–H groups in total. The Balaban J connectivity index is 2.20. The Kier molecular flexibility index (Phi) is 5.57. The molecule has 0 saturated heterocycles. The molecule has 0 aliphatic heterocycles. The fourth-order valence-corrected chi connectivity index (χ4v) is 1.13. The van der Waals surface area contributed by atoms with Crippen molar-refractivity contribution in [3.05, 3.63) is 35.9 Å². The molecule has 0 aliphatic carbocycles. The Labute approximate surface area is 99.7 Å². The van der Waals surface area contributed by atoms with Crippen LogP contribution in [0.25, 0.3) is 0 Å². The van der Waals surface area contributed by atoms with Gasteiger partial charge in [0.05, 0.1) is 6.61 Å². The SMILES string of the molecule is CCOC(=O)CNC(=O)OCc1ccccc1. The normalized spacial score (nSPS) is 9.47. The van der Waals surface area contributed by atoms with E-state index in [0.717, 1.165) is 5.56 Å². The number of ether oxygens (including phenoxy) is 2. The summed E-state index contributed by atoms with van der Waals surface area (Å²) in [5.74, 6) is -0.482. The van der Waals surface area contributed by atoms with Gasteiger partial charge in [0.25, 0.3) is 0 Å². The van der Waals surface area contributed by atoms with Crippen molar-refractivity contribution in [3.8, 4) is 0 Å². The number of hydrogen-bond acceptors (Lipinski definition) is 4. The average Bonchev–Trinajstić information content (AvgIpc) is 2.35. The van der Waals surface area contributed by atoms with Crippen molar-refractivity contribution in [2.75, 3.05) is 13.2 Å². The van der Waals surface area contributed by atoms with E-state index < -0.39 is 12.1 Å². The van der Waals surface area contributed by atoms with E-state index in [4.69, 9.17) is 4.74 Å². The lowest BCUT2D eigenvalue weighted by Gasteiger charge is -2.06. The summed E-state index contributed by atoms with van der Waals surface area (Å²) >= 11 is 0. The zero-order valence-electron chi connectivity index (χ0n) is 9.64. The lowest BCUT2D eigenvalue weighted by atomic mass is 10.2. The Morgan fingerprint density at radius 1 is 1.18 bits per heavy atom. The maximum absolute atomic E-state index is 11.2. The molecule has 17 heavy (non-hydrogen) atoms. The van der Waals surface area contributed by atoms with Gasteiger partial charge in [-0.2, -0.15) is 0 Å². The van der Waals surface area contributed by atoms with Gasteiger partial charge in [0.1, 0.15) is 13.2 Å². The Bertz CT molecular complexity index is 364. The molecule has 92 valence electrons. The molecule has 0 radical (unpaired) electrons. The lowest BCUT2D eigenvalue weighted by Crippen LogP contribution is -2.31. The predicted molar refractivity (Wildman–Crippen MR) is 61.3 cm³/mol. The predicted octanol–water partition coefficient (Wildman–Crippen LogP) is 1.48. The summed E-state index contributed by atoms with van der Waals surface area (Å²) < 4.78 is 9.54. The van der Waals surface area contributed by atoms with Crippen LogP contribution in [0.4, 0.5) is 4.79 Å². The molecule has 0 bridgehead atoms. The fourth-order valence-electron chi connectivity index (χ4n) is 1.13. The first-order valence-electron chi connectivity index (χ1n) is 5.32. The van der Waals surface area contributed by atoms with Gasteiger partial charge in [-0.25, -0.2) is 4.79 Å². The van der Waals surface area contributed by atoms with Crippen molar-refractivity contribution in [1.29, 1.82) is 0 Å². The summed E-state index contributed by atoms with van der Waals surface area (Å²) in [4.78, 5) is 22.1. The molecule has 1 amide bonds. The van der Waals surface area contributed by atoms with E-state index in [1.54, 1.807) is 6.92 Å². The van der Waals surface area contributed by atoms with Crippen LogP contribution in [0, 0.1) is 0 Å². The minimum absolute atomic E-state index is 0.176. The average molecular weight is 237 g/mol. The maximum Gasteiger partial charge on any atom is 0.407 e. The molecule has 0 spiro atoms. The second-order valence-corrected chi connectivity index (χ2v) is 3.22. The van der Waals surface area contributed by atoms with Crippen LogP contribution in [0.1, 0.15) is 12.5 Å². The van der Waals surface area contributed by atoms with E-state index in [9.17, 15) is 9.59 Å². The van der Waals surface area contributed by atoms with Crippen LogP contribution in [0.15, 0.2) is 30.3 Å². The first-order valence-corrected chi connectivity index (χ1v) is 5.32. The molecular weight excluding hydrogens is 222 g/mol. The molecule has 0 unspecified atom stereocenters. The second-order valence-electron chi connectivity index (χ2n) is 3.22.